The van der Waals surface area contributed by atoms with Gasteiger partial charge in [-0.3, -0.25) is 9.59 Å². The molecule has 0 bridgehead atoms. The zero-order chi connectivity index (χ0) is 20.8. The van der Waals surface area contributed by atoms with Gasteiger partial charge in [0.1, 0.15) is 5.75 Å². The molecule has 0 aliphatic carbocycles. The topological polar surface area (TPSA) is 102 Å². The van der Waals surface area contributed by atoms with Gasteiger partial charge in [0.2, 0.25) is 0 Å². The average molecular weight is 405 g/mol. The van der Waals surface area contributed by atoms with Crippen molar-refractivity contribution in [2.75, 3.05) is 33.3 Å². The maximum atomic E-state index is 12.7. The summed E-state index contributed by atoms with van der Waals surface area (Å²) in [4.78, 5) is 28.9. The van der Waals surface area contributed by atoms with Gasteiger partial charge in [-0.05, 0) is 56.5 Å². The van der Waals surface area contributed by atoms with Crippen LogP contribution in [0.15, 0.2) is 24.3 Å². The van der Waals surface area contributed by atoms with Crippen LogP contribution in [0.4, 0.5) is 0 Å². The van der Waals surface area contributed by atoms with Gasteiger partial charge in [-0.25, -0.2) is 0 Å². The Morgan fingerprint density at radius 1 is 1.10 bits per heavy atom. The highest BCUT2D eigenvalue weighted by Crippen LogP contribution is 2.22. The van der Waals surface area contributed by atoms with E-state index in [9.17, 15) is 19.8 Å². The van der Waals surface area contributed by atoms with E-state index in [1.807, 2.05) is 0 Å². The molecule has 2 fully saturated rings. The smallest absolute Gasteiger partial charge is 0.254 e. The molecule has 8 nitrogen and oxygen atoms in total. The first kappa shape index (κ1) is 21.5. The van der Waals surface area contributed by atoms with Gasteiger partial charge in [0, 0.05) is 25.7 Å². The van der Waals surface area contributed by atoms with Gasteiger partial charge < -0.3 is 30.1 Å². The van der Waals surface area contributed by atoms with Crippen LogP contribution in [0.25, 0.3) is 0 Å². The second-order valence-electron chi connectivity index (χ2n) is 7.79. The zero-order valence-electron chi connectivity index (χ0n) is 16.9. The summed E-state index contributed by atoms with van der Waals surface area (Å²) in [5.41, 5.74) is 0.817. The van der Waals surface area contributed by atoms with Crippen LogP contribution in [-0.2, 0) is 16.1 Å². The largest absolute Gasteiger partial charge is 0.497 e. The van der Waals surface area contributed by atoms with E-state index >= 15 is 0 Å². The minimum absolute atomic E-state index is 0.0322. The van der Waals surface area contributed by atoms with Gasteiger partial charge in [0.15, 0.2) is 12.2 Å². The first-order valence-corrected chi connectivity index (χ1v) is 10.3. The quantitative estimate of drug-likeness (QED) is 0.568. The molecule has 1 aromatic carbocycles. The number of ether oxygens (including phenoxy) is 1. The molecule has 3 atom stereocenters. The van der Waals surface area contributed by atoms with Crippen LogP contribution in [0, 0.1) is 0 Å². The van der Waals surface area contributed by atoms with Crippen LogP contribution in [0.3, 0.4) is 0 Å². The van der Waals surface area contributed by atoms with Gasteiger partial charge in [-0.15, -0.1) is 0 Å². The molecule has 2 saturated heterocycles. The van der Waals surface area contributed by atoms with Crippen molar-refractivity contribution in [2.45, 2.75) is 50.5 Å². The fraction of sp³-hybridized carbons (Fsp3) is 0.619. The minimum atomic E-state index is -1.80. The SMILES string of the molecule is COc1ccc(CNC(=O)[C@H](O)[C@@H](O)C(=O)N2CCC[C@H]2CN2CCCC2)cc1. The number of hydrogen-bond acceptors (Lipinski definition) is 6. The summed E-state index contributed by atoms with van der Waals surface area (Å²) < 4.78 is 5.08. The van der Waals surface area contributed by atoms with Crippen LogP contribution in [0.2, 0.25) is 0 Å². The van der Waals surface area contributed by atoms with E-state index in [1.54, 1.807) is 36.3 Å². The Morgan fingerprint density at radius 2 is 1.79 bits per heavy atom. The third kappa shape index (κ3) is 5.46. The molecule has 2 heterocycles. The fourth-order valence-corrected chi connectivity index (χ4v) is 4.06. The summed E-state index contributed by atoms with van der Waals surface area (Å²) in [6.45, 7) is 3.60. The summed E-state index contributed by atoms with van der Waals surface area (Å²) in [6, 6.07) is 7.15. The summed E-state index contributed by atoms with van der Waals surface area (Å²) in [7, 11) is 1.57. The predicted octanol–water partition coefficient (Wildman–Crippen LogP) is 0.120. The third-order valence-electron chi connectivity index (χ3n) is 5.77. The minimum Gasteiger partial charge on any atom is -0.497 e. The fourth-order valence-electron chi connectivity index (χ4n) is 4.06. The average Bonchev–Trinajstić information content (AvgIpc) is 3.43. The third-order valence-corrected chi connectivity index (χ3v) is 5.77. The molecule has 2 aliphatic heterocycles. The van der Waals surface area contributed by atoms with Gasteiger partial charge in [0.25, 0.3) is 11.8 Å². The van der Waals surface area contributed by atoms with Crippen LogP contribution in [0.5, 0.6) is 5.75 Å². The highest BCUT2D eigenvalue weighted by atomic mass is 16.5. The van der Waals surface area contributed by atoms with E-state index in [0.29, 0.717) is 12.3 Å². The number of nitrogens with zero attached hydrogens (tertiary/aromatic N) is 2. The first-order chi connectivity index (χ1) is 14.0. The van der Waals surface area contributed by atoms with Gasteiger partial charge in [-0.1, -0.05) is 12.1 Å². The Bertz CT molecular complexity index is 690. The molecule has 8 heteroatoms. The molecule has 3 rings (SSSR count). The van der Waals surface area contributed by atoms with Crippen LogP contribution < -0.4 is 10.1 Å². The number of carbonyl (C=O) groups excluding carboxylic acids is 2. The highest BCUT2D eigenvalue weighted by molar-refractivity contribution is 5.91. The lowest BCUT2D eigenvalue weighted by Gasteiger charge is -2.30. The number of aliphatic hydroxyl groups is 2. The predicted molar refractivity (Wildman–Crippen MR) is 107 cm³/mol. The van der Waals surface area contributed by atoms with Crippen molar-refractivity contribution in [3.05, 3.63) is 29.8 Å². The van der Waals surface area contributed by atoms with Crippen molar-refractivity contribution < 1.29 is 24.5 Å². The Balaban J connectivity index is 1.51. The van der Waals surface area contributed by atoms with Crippen LogP contribution >= 0.6 is 0 Å². The molecule has 29 heavy (non-hydrogen) atoms. The second-order valence-corrected chi connectivity index (χ2v) is 7.79. The Labute approximate surface area is 171 Å². The summed E-state index contributed by atoms with van der Waals surface area (Å²) >= 11 is 0. The van der Waals surface area contributed by atoms with Crippen LogP contribution in [0.1, 0.15) is 31.2 Å². The molecule has 1 aromatic rings. The molecular weight excluding hydrogens is 374 g/mol. The number of nitrogens with one attached hydrogen (secondary N) is 1. The van der Waals surface area contributed by atoms with E-state index in [-0.39, 0.29) is 12.6 Å². The molecule has 0 unspecified atom stereocenters. The van der Waals surface area contributed by atoms with Gasteiger partial charge in [0.05, 0.1) is 7.11 Å². The lowest BCUT2D eigenvalue weighted by atomic mass is 10.1. The number of benzene rings is 1. The van der Waals surface area contributed by atoms with E-state index in [1.165, 1.54) is 12.8 Å². The van der Waals surface area contributed by atoms with Crippen molar-refractivity contribution in [3.8, 4) is 5.75 Å². The maximum absolute atomic E-state index is 12.7. The molecule has 0 aromatic heterocycles. The summed E-state index contributed by atoms with van der Waals surface area (Å²) in [6.07, 6.45) is 0.553. The number of methoxy groups -OCH3 is 1. The second kappa shape index (κ2) is 10.0. The maximum Gasteiger partial charge on any atom is 0.254 e. The molecule has 2 aliphatic rings. The van der Waals surface area contributed by atoms with Crippen LogP contribution in [-0.4, -0.2) is 83.4 Å². The molecule has 0 radical (unpaired) electrons. The highest BCUT2D eigenvalue weighted by Gasteiger charge is 2.38. The lowest BCUT2D eigenvalue weighted by Crippen LogP contribution is -2.53. The van der Waals surface area contributed by atoms with E-state index in [4.69, 9.17) is 4.74 Å². The van der Waals surface area contributed by atoms with Crippen molar-refractivity contribution >= 4 is 11.8 Å². The molecule has 160 valence electrons. The van der Waals surface area contributed by atoms with E-state index < -0.39 is 24.0 Å². The first-order valence-electron chi connectivity index (χ1n) is 10.3. The number of likely N-dealkylation sites (tertiary alicyclic amines) is 2. The number of carbonyl (C=O) groups is 2. The number of hydrogen-bond donors (Lipinski definition) is 3. The lowest BCUT2D eigenvalue weighted by molar-refractivity contribution is -0.154. The molecular formula is C21H31N3O5. The molecule has 0 saturated carbocycles. The zero-order valence-corrected chi connectivity index (χ0v) is 16.9. The molecule has 3 N–H and O–H groups in total. The van der Waals surface area contributed by atoms with Crippen molar-refractivity contribution in [1.29, 1.82) is 0 Å². The van der Waals surface area contributed by atoms with E-state index in [2.05, 4.69) is 10.2 Å². The number of amides is 2. The van der Waals surface area contributed by atoms with Crippen molar-refractivity contribution in [1.82, 2.24) is 15.1 Å². The van der Waals surface area contributed by atoms with E-state index in [0.717, 1.165) is 38.0 Å². The van der Waals surface area contributed by atoms with Gasteiger partial charge in [-0.2, -0.15) is 0 Å². The number of aliphatic hydroxyl groups excluding tert-OH is 2. The Morgan fingerprint density at radius 3 is 2.45 bits per heavy atom. The Kier molecular flexibility index (Phi) is 7.46. The normalized spacial score (nSPS) is 21.8. The van der Waals surface area contributed by atoms with Crippen molar-refractivity contribution in [2.24, 2.45) is 0 Å². The molecule has 0 spiro atoms. The summed E-state index contributed by atoms with van der Waals surface area (Å²) in [5.74, 6) is -0.633. The van der Waals surface area contributed by atoms with Crippen molar-refractivity contribution in [3.63, 3.8) is 0 Å². The molecule has 2 amide bonds. The standard InChI is InChI=1S/C21H31N3O5/c1-29-17-8-6-15(7-9-17)13-22-20(27)18(25)19(26)21(28)24-12-4-5-16(24)14-23-10-2-3-11-23/h6-9,16,18-19,25-26H,2-5,10-14H2,1H3,(H,22,27)/t16-,18+,19+/m0/s1. The Hall–Kier alpha value is -2.16. The monoisotopic (exact) mass is 405 g/mol. The van der Waals surface area contributed by atoms with Gasteiger partial charge >= 0.3 is 0 Å². The summed E-state index contributed by atoms with van der Waals surface area (Å²) in [5, 5.41) is 23.1. The number of rotatable bonds is 8.